The summed E-state index contributed by atoms with van der Waals surface area (Å²) >= 11 is 9.50. The van der Waals surface area contributed by atoms with Crippen molar-refractivity contribution in [2.45, 2.75) is 13.1 Å². The van der Waals surface area contributed by atoms with Crippen LogP contribution >= 0.6 is 27.5 Å². The van der Waals surface area contributed by atoms with Crippen LogP contribution in [-0.2, 0) is 13.1 Å². The zero-order chi connectivity index (χ0) is 13.9. The van der Waals surface area contributed by atoms with Crippen molar-refractivity contribution in [2.75, 3.05) is 0 Å². The van der Waals surface area contributed by atoms with E-state index in [0.29, 0.717) is 6.54 Å². The Labute approximate surface area is 129 Å². The number of aromatic nitrogens is 3. The van der Waals surface area contributed by atoms with E-state index in [1.807, 2.05) is 41.1 Å². The highest BCUT2D eigenvalue weighted by molar-refractivity contribution is 9.10. The van der Waals surface area contributed by atoms with E-state index in [1.54, 1.807) is 6.20 Å². The van der Waals surface area contributed by atoms with Crippen LogP contribution in [0, 0.1) is 0 Å². The second kappa shape index (κ2) is 5.91. The fourth-order valence-corrected chi connectivity index (χ4v) is 2.52. The molecule has 0 aliphatic rings. The van der Waals surface area contributed by atoms with Crippen molar-refractivity contribution in [1.82, 2.24) is 19.7 Å². The summed E-state index contributed by atoms with van der Waals surface area (Å²) < 4.78 is 2.80. The van der Waals surface area contributed by atoms with Gasteiger partial charge < -0.3 is 5.32 Å². The SMILES string of the molecule is Clc1ccccc1CNCc1cnc2cnc(Br)cn12. The van der Waals surface area contributed by atoms with E-state index in [1.165, 1.54) is 0 Å². The Morgan fingerprint density at radius 2 is 2.00 bits per heavy atom. The van der Waals surface area contributed by atoms with Gasteiger partial charge in [-0.1, -0.05) is 29.8 Å². The van der Waals surface area contributed by atoms with Crippen molar-refractivity contribution < 1.29 is 0 Å². The molecule has 2 aromatic heterocycles. The molecule has 1 aromatic carbocycles. The van der Waals surface area contributed by atoms with E-state index < -0.39 is 0 Å². The highest BCUT2D eigenvalue weighted by Gasteiger charge is 2.04. The maximum atomic E-state index is 6.13. The van der Waals surface area contributed by atoms with Crippen molar-refractivity contribution in [3.63, 3.8) is 0 Å². The Bertz CT molecular complexity index is 741. The molecule has 0 aliphatic carbocycles. The number of imidazole rings is 1. The first kappa shape index (κ1) is 13.5. The maximum absolute atomic E-state index is 6.13. The van der Waals surface area contributed by atoms with Crippen LogP contribution < -0.4 is 5.32 Å². The van der Waals surface area contributed by atoms with E-state index in [9.17, 15) is 0 Å². The topological polar surface area (TPSA) is 42.2 Å². The number of nitrogens with one attached hydrogen (secondary N) is 1. The zero-order valence-corrected chi connectivity index (χ0v) is 12.9. The molecule has 0 amide bonds. The average Bonchev–Trinajstić information content (AvgIpc) is 2.83. The molecule has 20 heavy (non-hydrogen) atoms. The highest BCUT2D eigenvalue weighted by atomic mass is 79.9. The van der Waals surface area contributed by atoms with Gasteiger partial charge in [-0.25, -0.2) is 9.97 Å². The quantitative estimate of drug-likeness (QED) is 0.783. The minimum atomic E-state index is 0.711. The van der Waals surface area contributed by atoms with Gasteiger partial charge in [0.1, 0.15) is 4.60 Å². The number of hydrogen-bond acceptors (Lipinski definition) is 3. The third-order valence-corrected chi connectivity index (χ3v) is 3.80. The molecule has 0 bridgehead atoms. The molecule has 1 N–H and O–H groups in total. The van der Waals surface area contributed by atoms with E-state index in [-0.39, 0.29) is 0 Å². The lowest BCUT2D eigenvalue weighted by atomic mass is 10.2. The molecule has 0 atom stereocenters. The predicted molar refractivity (Wildman–Crippen MR) is 82.7 cm³/mol. The zero-order valence-electron chi connectivity index (χ0n) is 10.6. The van der Waals surface area contributed by atoms with Gasteiger partial charge in [0.05, 0.1) is 18.1 Å². The van der Waals surface area contributed by atoms with Gasteiger partial charge in [0.2, 0.25) is 0 Å². The fourth-order valence-electron chi connectivity index (χ4n) is 2.01. The second-order valence-electron chi connectivity index (χ2n) is 4.38. The number of rotatable bonds is 4. The molecule has 4 nitrogen and oxygen atoms in total. The number of fused-ring (bicyclic) bond motifs is 1. The van der Waals surface area contributed by atoms with E-state index in [2.05, 4.69) is 31.2 Å². The summed E-state index contributed by atoms with van der Waals surface area (Å²) in [7, 11) is 0. The Kier molecular flexibility index (Phi) is 4.00. The molecule has 3 rings (SSSR count). The Balaban J connectivity index is 1.71. The van der Waals surface area contributed by atoms with Crippen LogP contribution in [0.15, 0.2) is 47.5 Å². The van der Waals surface area contributed by atoms with Gasteiger partial charge >= 0.3 is 0 Å². The van der Waals surface area contributed by atoms with E-state index in [4.69, 9.17) is 11.6 Å². The van der Waals surface area contributed by atoms with Gasteiger partial charge in [-0.2, -0.15) is 0 Å². The first-order valence-corrected chi connectivity index (χ1v) is 7.33. The summed E-state index contributed by atoms with van der Waals surface area (Å²) in [4.78, 5) is 8.47. The summed E-state index contributed by atoms with van der Waals surface area (Å²) in [5, 5.41) is 4.16. The molecule has 3 aromatic rings. The molecule has 0 saturated carbocycles. The summed E-state index contributed by atoms with van der Waals surface area (Å²) in [5.74, 6) is 0. The number of nitrogens with zero attached hydrogens (tertiary/aromatic N) is 3. The third-order valence-electron chi connectivity index (χ3n) is 3.02. The molecular weight excluding hydrogens is 340 g/mol. The van der Waals surface area contributed by atoms with Crippen LogP contribution in [-0.4, -0.2) is 14.4 Å². The van der Waals surface area contributed by atoms with Gasteiger partial charge in [0.15, 0.2) is 5.65 Å². The molecule has 6 heteroatoms. The van der Waals surface area contributed by atoms with Crippen LogP contribution in [0.3, 0.4) is 0 Å². The Hall–Kier alpha value is -1.43. The lowest BCUT2D eigenvalue weighted by Crippen LogP contribution is -2.14. The first-order chi connectivity index (χ1) is 9.74. The summed E-state index contributed by atoms with van der Waals surface area (Å²) in [6.07, 6.45) is 5.50. The Morgan fingerprint density at radius 3 is 2.85 bits per heavy atom. The van der Waals surface area contributed by atoms with Crippen molar-refractivity contribution in [1.29, 1.82) is 0 Å². The monoisotopic (exact) mass is 350 g/mol. The third kappa shape index (κ3) is 2.85. The van der Waals surface area contributed by atoms with Crippen LogP contribution in [0.4, 0.5) is 0 Å². The summed E-state index contributed by atoms with van der Waals surface area (Å²) in [6.45, 7) is 1.43. The van der Waals surface area contributed by atoms with Gasteiger partial charge in [0.25, 0.3) is 0 Å². The van der Waals surface area contributed by atoms with Crippen LogP contribution in [0.5, 0.6) is 0 Å². The molecule has 2 heterocycles. The van der Waals surface area contributed by atoms with Gasteiger partial charge in [-0.05, 0) is 27.6 Å². The fraction of sp³-hybridized carbons (Fsp3) is 0.143. The lowest BCUT2D eigenvalue weighted by molar-refractivity contribution is 0.675. The highest BCUT2D eigenvalue weighted by Crippen LogP contribution is 2.15. The maximum Gasteiger partial charge on any atom is 0.155 e. The number of hydrogen-bond donors (Lipinski definition) is 1. The standard InChI is InChI=1S/C14H12BrClN4/c15-13-9-20-11(7-19-14(20)8-18-13)6-17-5-10-3-1-2-4-12(10)16/h1-4,7-9,17H,5-6H2. The molecule has 0 radical (unpaired) electrons. The van der Waals surface area contributed by atoms with Crippen LogP contribution in [0.2, 0.25) is 5.02 Å². The lowest BCUT2D eigenvalue weighted by Gasteiger charge is -2.06. The second-order valence-corrected chi connectivity index (χ2v) is 5.60. The van der Waals surface area contributed by atoms with Crippen molar-refractivity contribution in [3.8, 4) is 0 Å². The molecule has 0 saturated heterocycles. The summed E-state index contributed by atoms with van der Waals surface area (Å²) in [6, 6.07) is 7.83. The summed E-state index contributed by atoms with van der Waals surface area (Å²) in [5.41, 5.74) is 3.00. The average molecular weight is 352 g/mol. The number of halogens is 2. The Morgan fingerprint density at radius 1 is 1.15 bits per heavy atom. The van der Waals surface area contributed by atoms with Gasteiger partial charge in [-0.3, -0.25) is 4.40 Å². The smallest absolute Gasteiger partial charge is 0.155 e. The van der Waals surface area contributed by atoms with E-state index in [0.717, 1.165) is 33.1 Å². The van der Waals surface area contributed by atoms with Crippen LogP contribution in [0.1, 0.15) is 11.3 Å². The normalized spacial score (nSPS) is 11.1. The van der Waals surface area contributed by atoms with E-state index >= 15 is 0 Å². The van der Waals surface area contributed by atoms with Gasteiger partial charge in [-0.15, -0.1) is 0 Å². The molecule has 0 unspecified atom stereocenters. The molecule has 0 aliphatic heterocycles. The first-order valence-electron chi connectivity index (χ1n) is 6.15. The minimum Gasteiger partial charge on any atom is -0.307 e. The number of benzene rings is 1. The molecule has 0 spiro atoms. The van der Waals surface area contributed by atoms with Gasteiger partial charge in [0, 0.05) is 24.3 Å². The van der Waals surface area contributed by atoms with Crippen molar-refractivity contribution in [3.05, 3.63) is 63.7 Å². The predicted octanol–water partition coefficient (Wildman–Crippen LogP) is 3.44. The molecular formula is C14H12BrClN4. The van der Waals surface area contributed by atoms with Crippen LogP contribution in [0.25, 0.3) is 5.65 Å². The molecule has 0 fully saturated rings. The minimum absolute atomic E-state index is 0.711. The largest absolute Gasteiger partial charge is 0.307 e. The van der Waals surface area contributed by atoms with Crippen molar-refractivity contribution in [2.24, 2.45) is 0 Å². The molecule has 102 valence electrons. The van der Waals surface area contributed by atoms with Crippen molar-refractivity contribution >= 4 is 33.2 Å².